The molecule has 33 heavy (non-hydrogen) atoms. The standard InChI is InChI=1S/C26H18N4S2Si/c1-33(2)21-13-19(15-5-3-7-17-23(15)29-11-9-27-17)31-25(21)26-22(33)14-20(32-26)16-6-4-8-18-24(16)30-12-10-28-18/h3-14H,1-2H3. The van der Waals surface area contributed by atoms with E-state index in [1.165, 1.54) is 41.0 Å². The Morgan fingerprint density at radius 3 is 1.55 bits per heavy atom. The normalized spacial score (nSPS) is 14.0. The molecule has 7 heteroatoms. The first-order valence-corrected chi connectivity index (χ1v) is 15.4. The minimum atomic E-state index is -1.79. The van der Waals surface area contributed by atoms with Gasteiger partial charge in [0.15, 0.2) is 0 Å². The molecule has 1 aliphatic heterocycles. The molecule has 0 unspecified atom stereocenters. The number of rotatable bonds is 2. The van der Waals surface area contributed by atoms with E-state index in [-0.39, 0.29) is 0 Å². The Morgan fingerprint density at radius 2 is 1.06 bits per heavy atom. The van der Waals surface area contributed by atoms with E-state index in [2.05, 4.69) is 69.4 Å². The summed E-state index contributed by atoms with van der Waals surface area (Å²) >= 11 is 3.79. The molecule has 0 saturated heterocycles. The molecule has 2 aromatic carbocycles. The molecule has 0 radical (unpaired) electrons. The van der Waals surface area contributed by atoms with E-state index in [4.69, 9.17) is 0 Å². The van der Waals surface area contributed by atoms with E-state index in [9.17, 15) is 0 Å². The summed E-state index contributed by atoms with van der Waals surface area (Å²) in [5.41, 5.74) is 6.18. The van der Waals surface area contributed by atoms with Crippen molar-refractivity contribution in [2.75, 3.05) is 0 Å². The molecule has 4 nitrogen and oxygen atoms in total. The smallest absolute Gasteiger partial charge is 0.116 e. The first-order valence-electron chi connectivity index (χ1n) is 10.8. The predicted octanol–water partition coefficient (Wildman–Crippen LogP) is 5.83. The van der Waals surface area contributed by atoms with Crippen LogP contribution in [0.5, 0.6) is 0 Å². The van der Waals surface area contributed by atoms with Gasteiger partial charge in [0.25, 0.3) is 0 Å². The van der Waals surface area contributed by atoms with E-state index < -0.39 is 8.07 Å². The Labute approximate surface area is 199 Å². The molecule has 6 aromatic rings. The molecule has 0 N–H and O–H groups in total. The highest BCUT2D eigenvalue weighted by Crippen LogP contribution is 2.45. The number of nitrogens with zero attached hydrogens (tertiary/aromatic N) is 4. The minimum absolute atomic E-state index is 0.941. The van der Waals surface area contributed by atoms with E-state index in [0.29, 0.717) is 0 Å². The summed E-state index contributed by atoms with van der Waals surface area (Å²) < 4.78 is 0. The van der Waals surface area contributed by atoms with Crippen LogP contribution < -0.4 is 10.4 Å². The first-order chi connectivity index (χ1) is 16.1. The number of para-hydroxylation sites is 2. The van der Waals surface area contributed by atoms with Crippen molar-refractivity contribution in [1.82, 2.24) is 19.9 Å². The van der Waals surface area contributed by atoms with Gasteiger partial charge in [0.1, 0.15) is 8.07 Å². The lowest BCUT2D eigenvalue weighted by Crippen LogP contribution is -2.48. The van der Waals surface area contributed by atoms with Crippen LogP contribution in [-0.2, 0) is 0 Å². The van der Waals surface area contributed by atoms with Gasteiger partial charge < -0.3 is 0 Å². The zero-order valence-corrected chi connectivity index (χ0v) is 20.7. The Bertz CT molecular complexity index is 1580. The second-order valence-corrected chi connectivity index (χ2v) is 15.2. The van der Waals surface area contributed by atoms with Crippen LogP contribution in [0.4, 0.5) is 0 Å². The average molecular weight is 479 g/mol. The largest absolute Gasteiger partial charge is 0.253 e. The predicted molar refractivity (Wildman–Crippen MR) is 141 cm³/mol. The van der Waals surface area contributed by atoms with Crippen LogP contribution in [0.3, 0.4) is 0 Å². The van der Waals surface area contributed by atoms with Crippen molar-refractivity contribution in [3.05, 3.63) is 73.3 Å². The van der Waals surface area contributed by atoms with Crippen LogP contribution in [-0.4, -0.2) is 28.0 Å². The molecule has 0 amide bonds. The summed E-state index contributed by atoms with van der Waals surface area (Å²) in [6.45, 7) is 4.94. The first kappa shape index (κ1) is 19.2. The maximum atomic E-state index is 4.64. The topological polar surface area (TPSA) is 51.6 Å². The maximum absolute atomic E-state index is 4.64. The zero-order chi connectivity index (χ0) is 22.2. The van der Waals surface area contributed by atoms with Gasteiger partial charge in [0.05, 0.1) is 22.1 Å². The summed E-state index contributed by atoms with van der Waals surface area (Å²) in [6.07, 6.45) is 7.08. The monoisotopic (exact) mass is 478 g/mol. The quantitative estimate of drug-likeness (QED) is 0.294. The second kappa shape index (κ2) is 6.87. The fourth-order valence-corrected chi connectivity index (χ4v) is 12.1. The van der Waals surface area contributed by atoms with Gasteiger partial charge in [-0.05, 0) is 34.6 Å². The number of aromatic nitrogens is 4. The summed E-state index contributed by atoms with van der Waals surface area (Å²) in [5, 5.41) is 3.07. The van der Waals surface area contributed by atoms with Crippen LogP contribution in [0.15, 0.2) is 73.3 Å². The molecule has 1 aliphatic rings. The third-order valence-electron chi connectivity index (χ3n) is 6.55. The average Bonchev–Trinajstić information content (AvgIpc) is 3.52. The highest BCUT2D eigenvalue weighted by Gasteiger charge is 2.41. The van der Waals surface area contributed by atoms with Crippen molar-refractivity contribution < 1.29 is 0 Å². The van der Waals surface area contributed by atoms with E-state index in [1.54, 1.807) is 24.8 Å². The highest BCUT2D eigenvalue weighted by atomic mass is 32.1. The molecule has 4 aromatic heterocycles. The summed E-state index contributed by atoms with van der Waals surface area (Å²) in [6, 6.07) is 17.4. The molecule has 0 aliphatic carbocycles. The summed E-state index contributed by atoms with van der Waals surface area (Å²) in [5.74, 6) is 0. The van der Waals surface area contributed by atoms with E-state index >= 15 is 0 Å². The van der Waals surface area contributed by atoms with Crippen LogP contribution in [0.2, 0.25) is 13.1 Å². The Hall–Kier alpha value is -3.26. The number of hydrogen-bond donors (Lipinski definition) is 0. The zero-order valence-electron chi connectivity index (χ0n) is 18.0. The molecule has 7 rings (SSSR count). The molecule has 0 fully saturated rings. The van der Waals surface area contributed by atoms with Crippen molar-refractivity contribution >= 4 is 63.2 Å². The molecular formula is C26H18N4S2Si. The van der Waals surface area contributed by atoms with Gasteiger partial charge >= 0.3 is 0 Å². The van der Waals surface area contributed by atoms with Gasteiger partial charge in [-0.25, -0.2) is 0 Å². The van der Waals surface area contributed by atoms with Crippen molar-refractivity contribution in [3.8, 4) is 30.6 Å². The Balaban J connectivity index is 1.41. The lowest BCUT2D eigenvalue weighted by molar-refractivity contribution is 1.30. The lowest BCUT2D eigenvalue weighted by atomic mass is 10.1. The van der Waals surface area contributed by atoms with Crippen molar-refractivity contribution in [1.29, 1.82) is 0 Å². The third-order valence-corrected chi connectivity index (χ3v) is 12.9. The van der Waals surface area contributed by atoms with E-state index in [0.717, 1.165) is 22.1 Å². The molecule has 0 atom stereocenters. The maximum Gasteiger partial charge on any atom is 0.116 e. The van der Waals surface area contributed by atoms with Gasteiger partial charge in [-0.1, -0.05) is 37.4 Å². The molecule has 5 heterocycles. The fraction of sp³-hybridized carbons (Fsp3) is 0.0769. The van der Waals surface area contributed by atoms with Gasteiger partial charge in [-0.2, -0.15) is 0 Å². The van der Waals surface area contributed by atoms with Crippen molar-refractivity contribution in [2.45, 2.75) is 13.1 Å². The molecule has 0 saturated carbocycles. The molecular weight excluding hydrogens is 461 g/mol. The van der Waals surface area contributed by atoms with Crippen LogP contribution in [0, 0.1) is 0 Å². The van der Waals surface area contributed by atoms with Gasteiger partial charge in [-0.15, -0.1) is 22.7 Å². The van der Waals surface area contributed by atoms with Gasteiger partial charge in [0.2, 0.25) is 0 Å². The SMILES string of the molecule is C[Si]1(C)c2cc(-c3cccc4nccnc34)sc2-c2sc(-c3cccc4nccnc34)cc21. The number of benzene rings is 2. The highest BCUT2D eigenvalue weighted by molar-refractivity contribution is 7.31. The Morgan fingerprint density at radius 1 is 0.606 bits per heavy atom. The number of hydrogen-bond acceptors (Lipinski definition) is 6. The van der Waals surface area contributed by atoms with Crippen LogP contribution in [0.1, 0.15) is 0 Å². The molecule has 158 valence electrons. The van der Waals surface area contributed by atoms with Gasteiger partial charge in [0, 0.05) is 55.4 Å². The van der Waals surface area contributed by atoms with Crippen molar-refractivity contribution in [3.63, 3.8) is 0 Å². The number of fused-ring (bicyclic) bond motifs is 5. The summed E-state index contributed by atoms with van der Waals surface area (Å²) in [7, 11) is -1.79. The third kappa shape index (κ3) is 2.73. The second-order valence-electron chi connectivity index (χ2n) is 8.79. The Kier molecular flexibility index (Phi) is 4.00. The van der Waals surface area contributed by atoms with Crippen LogP contribution in [0.25, 0.3) is 52.7 Å². The number of thiophene rings is 2. The lowest BCUT2D eigenvalue weighted by Gasteiger charge is -2.16. The molecule has 0 spiro atoms. The molecule has 0 bridgehead atoms. The summed E-state index contributed by atoms with van der Waals surface area (Å²) in [4.78, 5) is 23.7. The van der Waals surface area contributed by atoms with Crippen LogP contribution >= 0.6 is 22.7 Å². The van der Waals surface area contributed by atoms with E-state index in [1.807, 2.05) is 34.8 Å². The van der Waals surface area contributed by atoms with Crippen molar-refractivity contribution in [2.24, 2.45) is 0 Å². The minimum Gasteiger partial charge on any atom is -0.253 e. The fourth-order valence-electron chi connectivity index (χ4n) is 4.84. The van der Waals surface area contributed by atoms with Gasteiger partial charge in [-0.3, -0.25) is 19.9 Å².